The summed E-state index contributed by atoms with van der Waals surface area (Å²) in [5.41, 5.74) is 11.8. The summed E-state index contributed by atoms with van der Waals surface area (Å²) in [6, 6.07) is 25.0. The van der Waals surface area contributed by atoms with Crippen LogP contribution in [0.15, 0.2) is 84.0 Å². The maximum Gasteiger partial charge on any atom is 0.258 e. The summed E-state index contributed by atoms with van der Waals surface area (Å²) in [7, 11) is 1.64. The van der Waals surface area contributed by atoms with Crippen molar-refractivity contribution in [3.8, 4) is 11.5 Å². The fourth-order valence-corrected chi connectivity index (χ4v) is 3.46. The van der Waals surface area contributed by atoms with Gasteiger partial charge in [-0.05, 0) is 47.4 Å². The normalized spacial score (nSPS) is 17.9. The molecule has 2 unspecified atom stereocenters. The van der Waals surface area contributed by atoms with Gasteiger partial charge in [-0.3, -0.25) is 4.79 Å². The van der Waals surface area contributed by atoms with E-state index < -0.39 is 0 Å². The lowest BCUT2D eigenvalue weighted by Crippen LogP contribution is -2.41. The minimum absolute atomic E-state index is 0.0408. The number of methoxy groups -OCH3 is 1. The molecule has 7 nitrogen and oxygen atoms in total. The minimum Gasteiger partial charge on any atom is -0.497 e. The first kappa shape index (κ1) is 21.5. The zero-order chi connectivity index (χ0) is 22.2. The van der Waals surface area contributed by atoms with E-state index >= 15 is 0 Å². The summed E-state index contributed by atoms with van der Waals surface area (Å²) in [5.74, 6) is 1.35. The lowest BCUT2D eigenvalue weighted by Gasteiger charge is -2.10. The van der Waals surface area contributed by atoms with Crippen molar-refractivity contribution in [3.63, 3.8) is 0 Å². The van der Waals surface area contributed by atoms with Gasteiger partial charge in [-0.1, -0.05) is 54.6 Å². The van der Waals surface area contributed by atoms with Crippen LogP contribution in [0.4, 0.5) is 0 Å². The van der Waals surface area contributed by atoms with Crippen LogP contribution in [-0.2, 0) is 11.4 Å². The molecular weight excluding hydrogens is 404 g/mol. The molecule has 0 saturated carbocycles. The van der Waals surface area contributed by atoms with Gasteiger partial charge >= 0.3 is 0 Å². The minimum atomic E-state index is -0.375. The molecular formula is C25H26N4O3. The number of ether oxygens (including phenoxy) is 2. The van der Waals surface area contributed by atoms with Gasteiger partial charge in [0.05, 0.1) is 13.3 Å². The van der Waals surface area contributed by atoms with E-state index in [1.54, 1.807) is 13.3 Å². The van der Waals surface area contributed by atoms with Gasteiger partial charge in [0, 0.05) is 6.04 Å². The van der Waals surface area contributed by atoms with Crippen molar-refractivity contribution in [3.05, 3.63) is 95.6 Å². The van der Waals surface area contributed by atoms with E-state index in [4.69, 9.17) is 9.47 Å². The second-order valence-electron chi connectivity index (χ2n) is 7.48. The maximum absolute atomic E-state index is 12.5. The fourth-order valence-electron chi connectivity index (χ4n) is 3.46. The number of benzene rings is 3. The topological polar surface area (TPSA) is 84.0 Å². The van der Waals surface area contributed by atoms with Crippen molar-refractivity contribution in [1.82, 2.24) is 16.3 Å². The molecule has 3 aromatic rings. The number of carbonyl (C=O) groups is 1. The van der Waals surface area contributed by atoms with Crippen LogP contribution in [0, 0.1) is 0 Å². The van der Waals surface area contributed by atoms with Crippen LogP contribution in [0.25, 0.3) is 0 Å². The number of amides is 1. The summed E-state index contributed by atoms with van der Waals surface area (Å²) in [4.78, 5) is 12.5. The summed E-state index contributed by atoms with van der Waals surface area (Å²) in [5, 5.41) is 4.10. The number of nitrogens with one attached hydrogen (secondary N) is 3. The van der Waals surface area contributed by atoms with Crippen LogP contribution in [0.5, 0.6) is 11.5 Å². The standard InChI is InChI=1S/C25H26N4O3/c1-31-21-12-10-20(11-13-21)23-15-24(28-27-23)25(30)29-26-16-19-8-5-9-22(14-19)32-17-18-6-3-2-4-7-18/h2-14,16,23-24,27-28H,15,17H2,1H3,(H,29,30)/b26-16+. The highest BCUT2D eigenvalue weighted by atomic mass is 16.5. The van der Waals surface area contributed by atoms with Gasteiger partial charge in [-0.2, -0.15) is 5.10 Å². The molecule has 7 heteroatoms. The highest BCUT2D eigenvalue weighted by Crippen LogP contribution is 2.24. The molecule has 164 valence electrons. The van der Waals surface area contributed by atoms with Crippen LogP contribution in [0.2, 0.25) is 0 Å². The molecule has 1 aliphatic rings. The van der Waals surface area contributed by atoms with Gasteiger partial charge in [0.15, 0.2) is 0 Å². The molecule has 1 heterocycles. The first-order valence-electron chi connectivity index (χ1n) is 10.5. The second-order valence-corrected chi connectivity index (χ2v) is 7.48. The zero-order valence-electron chi connectivity index (χ0n) is 17.8. The molecule has 4 rings (SSSR count). The first-order valence-corrected chi connectivity index (χ1v) is 10.5. The Morgan fingerprint density at radius 3 is 2.62 bits per heavy atom. The van der Waals surface area contributed by atoms with Crippen LogP contribution in [-0.4, -0.2) is 25.3 Å². The summed E-state index contributed by atoms with van der Waals surface area (Å²) < 4.78 is 11.0. The quantitative estimate of drug-likeness (QED) is 0.377. The Morgan fingerprint density at radius 2 is 1.84 bits per heavy atom. The third-order valence-electron chi connectivity index (χ3n) is 5.23. The molecule has 0 aliphatic carbocycles. The molecule has 0 radical (unpaired) electrons. The van der Waals surface area contributed by atoms with E-state index in [-0.39, 0.29) is 18.0 Å². The van der Waals surface area contributed by atoms with Crippen LogP contribution >= 0.6 is 0 Å². The van der Waals surface area contributed by atoms with E-state index in [2.05, 4.69) is 21.4 Å². The van der Waals surface area contributed by atoms with E-state index in [9.17, 15) is 4.79 Å². The second kappa shape index (κ2) is 10.6. The maximum atomic E-state index is 12.5. The number of hydrazine groups is 1. The van der Waals surface area contributed by atoms with Crippen molar-refractivity contribution in [2.45, 2.75) is 25.1 Å². The monoisotopic (exact) mass is 430 g/mol. The third-order valence-corrected chi connectivity index (χ3v) is 5.23. The number of nitrogens with zero attached hydrogens (tertiary/aromatic N) is 1. The number of hydrogen-bond donors (Lipinski definition) is 3. The van der Waals surface area contributed by atoms with Crippen molar-refractivity contribution in [2.75, 3.05) is 7.11 Å². The number of hydrogen-bond acceptors (Lipinski definition) is 6. The molecule has 32 heavy (non-hydrogen) atoms. The molecule has 0 spiro atoms. The number of carbonyl (C=O) groups excluding carboxylic acids is 1. The van der Waals surface area contributed by atoms with Crippen LogP contribution < -0.4 is 25.8 Å². The Balaban J connectivity index is 1.27. The summed E-state index contributed by atoms with van der Waals surface area (Å²) in [6.45, 7) is 0.494. The predicted molar refractivity (Wildman–Crippen MR) is 123 cm³/mol. The molecule has 2 atom stereocenters. The fraction of sp³-hybridized carbons (Fsp3) is 0.200. The average Bonchev–Trinajstić information content (AvgIpc) is 3.34. The van der Waals surface area contributed by atoms with Crippen molar-refractivity contribution in [2.24, 2.45) is 5.10 Å². The van der Waals surface area contributed by atoms with Gasteiger partial charge in [0.25, 0.3) is 5.91 Å². The Labute approximate surface area is 187 Å². The Morgan fingerprint density at radius 1 is 1.03 bits per heavy atom. The van der Waals surface area contributed by atoms with Gasteiger partial charge in [0.2, 0.25) is 0 Å². The summed E-state index contributed by atoms with van der Waals surface area (Å²) in [6.07, 6.45) is 2.23. The highest BCUT2D eigenvalue weighted by Gasteiger charge is 2.30. The molecule has 1 aliphatic heterocycles. The van der Waals surface area contributed by atoms with Crippen molar-refractivity contribution < 1.29 is 14.3 Å². The first-order chi connectivity index (χ1) is 15.7. The highest BCUT2D eigenvalue weighted by molar-refractivity contribution is 5.85. The molecule has 1 fully saturated rings. The zero-order valence-corrected chi connectivity index (χ0v) is 17.8. The predicted octanol–water partition coefficient (Wildman–Crippen LogP) is 3.33. The average molecular weight is 431 g/mol. The van der Waals surface area contributed by atoms with Gasteiger partial charge in [-0.15, -0.1) is 0 Å². The van der Waals surface area contributed by atoms with Crippen molar-refractivity contribution >= 4 is 12.1 Å². The Hall–Kier alpha value is -3.68. The van der Waals surface area contributed by atoms with Crippen LogP contribution in [0.1, 0.15) is 29.2 Å². The third kappa shape index (κ3) is 5.72. The van der Waals surface area contributed by atoms with Crippen molar-refractivity contribution in [1.29, 1.82) is 0 Å². The molecule has 1 saturated heterocycles. The SMILES string of the molecule is COc1ccc(C2CC(C(=O)N/N=C/c3cccc(OCc4ccccc4)c3)NN2)cc1. The lowest BCUT2D eigenvalue weighted by atomic mass is 10.0. The molecule has 0 aromatic heterocycles. The van der Waals surface area contributed by atoms with E-state index in [1.165, 1.54) is 0 Å². The van der Waals surface area contributed by atoms with Gasteiger partial charge in [0.1, 0.15) is 24.1 Å². The Kier molecular flexibility index (Phi) is 7.12. The number of rotatable bonds is 8. The molecule has 1 amide bonds. The molecule has 3 N–H and O–H groups in total. The molecule has 0 bridgehead atoms. The summed E-state index contributed by atoms with van der Waals surface area (Å²) >= 11 is 0. The van der Waals surface area contributed by atoms with E-state index in [0.717, 1.165) is 28.2 Å². The van der Waals surface area contributed by atoms with E-state index in [1.807, 2.05) is 78.9 Å². The lowest BCUT2D eigenvalue weighted by molar-refractivity contribution is -0.122. The smallest absolute Gasteiger partial charge is 0.258 e. The van der Waals surface area contributed by atoms with E-state index in [0.29, 0.717) is 13.0 Å². The Bertz CT molecular complexity index is 1050. The number of hydrazone groups is 1. The largest absolute Gasteiger partial charge is 0.497 e. The van der Waals surface area contributed by atoms with Gasteiger partial charge in [-0.25, -0.2) is 16.3 Å². The molecule has 3 aromatic carbocycles. The van der Waals surface area contributed by atoms with Gasteiger partial charge < -0.3 is 9.47 Å². The van der Waals surface area contributed by atoms with Crippen LogP contribution in [0.3, 0.4) is 0 Å².